The Labute approximate surface area is 117 Å². The van der Waals surface area contributed by atoms with Gasteiger partial charge in [-0.05, 0) is 52.7 Å². The molecule has 0 fully saturated rings. The highest BCUT2D eigenvalue weighted by Gasteiger charge is 2.09. The number of nitrogens with one attached hydrogen (secondary N) is 1. The second-order valence-corrected chi connectivity index (χ2v) is 4.87. The van der Waals surface area contributed by atoms with Gasteiger partial charge in [-0.2, -0.15) is 5.26 Å². The molecule has 0 saturated heterocycles. The van der Waals surface area contributed by atoms with E-state index in [-0.39, 0.29) is 10.2 Å². The average Bonchev–Trinajstić information content (AvgIpc) is 2.36. The lowest BCUT2D eigenvalue weighted by molar-refractivity contribution is 0.598. The van der Waals surface area contributed by atoms with E-state index in [0.29, 0.717) is 11.3 Å². The Kier molecular flexibility index (Phi) is 3.82. The number of nitriles is 1. The van der Waals surface area contributed by atoms with Crippen LogP contribution in [0.3, 0.4) is 0 Å². The molecule has 2 rings (SSSR count). The third kappa shape index (κ3) is 2.91. The summed E-state index contributed by atoms with van der Waals surface area (Å²) >= 11 is 2.92. The number of anilines is 2. The Morgan fingerprint density at radius 2 is 1.89 bits per heavy atom. The minimum Gasteiger partial charge on any atom is -0.353 e. The first-order chi connectivity index (χ1) is 9.01. The molecule has 0 bridgehead atoms. The summed E-state index contributed by atoms with van der Waals surface area (Å²) < 4.78 is 27.1. The van der Waals surface area contributed by atoms with Gasteiger partial charge >= 0.3 is 0 Å². The van der Waals surface area contributed by atoms with Crippen molar-refractivity contribution in [2.75, 3.05) is 5.32 Å². The Balaban J connectivity index is 2.34. The highest BCUT2D eigenvalue weighted by Crippen LogP contribution is 2.26. The predicted octanol–water partition coefficient (Wildman–Crippen LogP) is 4.65. The molecular weight excluding hydrogens is 314 g/mol. The summed E-state index contributed by atoms with van der Waals surface area (Å²) in [4.78, 5) is 0. The monoisotopic (exact) mass is 322 g/mol. The maximum atomic E-state index is 13.7. The highest BCUT2D eigenvalue weighted by molar-refractivity contribution is 9.10. The van der Waals surface area contributed by atoms with Gasteiger partial charge in [-0.3, -0.25) is 0 Å². The van der Waals surface area contributed by atoms with Crippen molar-refractivity contribution in [2.24, 2.45) is 0 Å². The number of nitrogens with zero attached hydrogens (tertiary/aromatic N) is 1. The van der Waals surface area contributed by atoms with Crippen LogP contribution in [0.25, 0.3) is 0 Å². The van der Waals surface area contributed by atoms with E-state index >= 15 is 0 Å². The van der Waals surface area contributed by atoms with Gasteiger partial charge in [-0.25, -0.2) is 8.78 Å². The molecule has 0 unspecified atom stereocenters. The molecule has 96 valence electrons. The maximum absolute atomic E-state index is 13.7. The molecule has 0 heterocycles. The van der Waals surface area contributed by atoms with Crippen LogP contribution in [-0.2, 0) is 0 Å². The Morgan fingerprint density at radius 3 is 2.53 bits per heavy atom. The molecule has 0 radical (unpaired) electrons. The minimum atomic E-state index is -0.560. The third-order valence-corrected chi connectivity index (χ3v) is 3.24. The van der Waals surface area contributed by atoms with Crippen LogP contribution in [0.4, 0.5) is 20.2 Å². The van der Waals surface area contributed by atoms with Gasteiger partial charge in [0.25, 0.3) is 0 Å². The van der Waals surface area contributed by atoms with Crippen molar-refractivity contribution in [1.82, 2.24) is 0 Å². The van der Waals surface area contributed by atoms with E-state index in [2.05, 4.69) is 21.2 Å². The Bertz CT molecular complexity index is 678. The summed E-state index contributed by atoms with van der Waals surface area (Å²) in [7, 11) is 0. The molecule has 5 heteroatoms. The molecule has 1 N–H and O–H groups in total. The van der Waals surface area contributed by atoms with Gasteiger partial charge < -0.3 is 5.32 Å². The molecule has 2 aromatic carbocycles. The topological polar surface area (TPSA) is 35.8 Å². The number of rotatable bonds is 2. The van der Waals surface area contributed by atoms with Crippen LogP contribution in [0, 0.1) is 29.9 Å². The van der Waals surface area contributed by atoms with Crippen LogP contribution < -0.4 is 5.32 Å². The van der Waals surface area contributed by atoms with Crippen molar-refractivity contribution >= 4 is 27.3 Å². The molecule has 2 nitrogen and oxygen atoms in total. The van der Waals surface area contributed by atoms with Crippen LogP contribution >= 0.6 is 15.9 Å². The second-order valence-electron chi connectivity index (χ2n) is 4.01. The molecule has 2 aromatic rings. The summed E-state index contributed by atoms with van der Waals surface area (Å²) in [6, 6.07) is 9.17. The number of hydrogen-bond acceptors (Lipinski definition) is 2. The Morgan fingerprint density at radius 1 is 1.16 bits per heavy atom. The third-order valence-electron chi connectivity index (χ3n) is 2.64. The molecule has 0 saturated carbocycles. The second kappa shape index (κ2) is 5.37. The van der Waals surface area contributed by atoms with E-state index in [1.165, 1.54) is 0 Å². The quantitative estimate of drug-likeness (QED) is 0.817. The van der Waals surface area contributed by atoms with E-state index in [9.17, 15) is 8.78 Å². The molecule has 0 aliphatic rings. The minimum absolute atomic E-state index is 0.0461. The zero-order valence-electron chi connectivity index (χ0n) is 9.97. The van der Waals surface area contributed by atoms with Crippen molar-refractivity contribution in [3.63, 3.8) is 0 Å². The van der Waals surface area contributed by atoms with E-state index < -0.39 is 11.6 Å². The van der Waals surface area contributed by atoms with E-state index in [1.807, 2.05) is 6.07 Å². The number of aryl methyl sites for hydroxylation is 1. The van der Waals surface area contributed by atoms with Gasteiger partial charge in [0.2, 0.25) is 0 Å². The van der Waals surface area contributed by atoms with E-state index in [4.69, 9.17) is 5.26 Å². The van der Waals surface area contributed by atoms with Gasteiger partial charge in [0.15, 0.2) is 0 Å². The molecule has 0 amide bonds. The summed E-state index contributed by atoms with van der Waals surface area (Å²) in [5, 5.41) is 11.6. The summed E-state index contributed by atoms with van der Waals surface area (Å²) in [6.07, 6.45) is 0. The molecule has 0 atom stereocenters. The van der Waals surface area contributed by atoms with Crippen LogP contribution in [0.1, 0.15) is 11.1 Å². The molecule has 19 heavy (non-hydrogen) atoms. The van der Waals surface area contributed by atoms with Crippen molar-refractivity contribution in [2.45, 2.75) is 6.92 Å². The lowest BCUT2D eigenvalue weighted by Crippen LogP contribution is -1.96. The highest BCUT2D eigenvalue weighted by atomic mass is 79.9. The largest absolute Gasteiger partial charge is 0.353 e. The van der Waals surface area contributed by atoms with Gasteiger partial charge in [0.05, 0.1) is 21.8 Å². The van der Waals surface area contributed by atoms with E-state index in [0.717, 1.165) is 17.7 Å². The van der Waals surface area contributed by atoms with Gasteiger partial charge in [0, 0.05) is 11.8 Å². The molecule has 0 spiro atoms. The smallest absolute Gasteiger partial charge is 0.147 e. The molecular formula is C14H9BrF2N2. The summed E-state index contributed by atoms with van der Waals surface area (Å²) in [6.45, 7) is 1.78. The lowest BCUT2D eigenvalue weighted by Gasteiger charge is -2.09. The molecule has 0 aromatic heterocycles. The number of halogens is 3. The summed E-state index contributed by atoms with van der Waals surface area (Å²) in [5.41, 5.74) is 1.96. The zero-order chi connectivity index (χ0) is 14.0. The lowest BCUT2D eigenvalue weighted by atomic mass is 10.1. The van der Waals surface area contributed by atoms with E-state index in [1.54, 1.807) is 25.1 Å². The van der Waals surface area contributed by atoms with Crippen LogP contribution in [0.15, 0.2) is 34.8 Å². The fourth-order valence-corrected chi connectivity index (χ4v) is 1.96. The van der Waals surface area contributed by atoms with Crippen LogP contribution in [0.5, 0.6) is 0 Å². The van der Waals surface area contributed by atoms with Crippen molar-refractivity contribution in [1.29, 1.82) is 5.26 Å². The van der Waals surface area contributed by atoms with Crippen molar-refractivity contribution in [3.8, 4) is 6.07 Å². The van der Waals surface area contributed by atoms with Crippen molar-refractivity contribution in [3.05, 3.63) is 57.6 Å². The normalized spacial score (nSPS) is 10.1. The van der Waals surface area contributed by atoms with Gasteiger partial charge in [-0.15, -0.1) is 0 Å². The Hall–Kier alpha value is -1.93. The predicted molar refractivity (Wildman–Crippen MR) is 73.2 cm³/mol. The standard InChI is InChI=1S/C14H9BrF2N2/c1-8-4-10(3-2-9(8)7-18)19-14-6-12(16)11(15)5-13(14)17/h2-6,19H,1H3. The fraction of sp³-hybridized carbons (Fsp3) is 0.0714. The number of hydrogen-bond donors (Lipinski definition) is 1. The first-order valence-electron chi connectivity index (χ1n) is 5.43. The van der Waals surface area contributed by atoms with Crippen LogP contribution in [0.2, 0.25) is 0 Å². The molecule has 0 aliphatic heterocycles. The maximum Gasteiger partial charge on any atom is 0.147 e. The van der Waals surface area contributed by atoms with Crippen LogP contribution in [-0.4, -0.2) is 0 Å². The average molecular weight is 323 g/mol. The molecule has 0 aliphatic carbocycles. The SMILES string of the molecule is Cc1cc(Nc2cc(F)c(Br)cc2F)ccc1C#N. The number of benzene rings is 2. The fourth-order valence-electron chi connectivity index (χ4n) is 1.64. The first kappa shape index (κ1) is 13.5. The zero-order valence-corrected chi connectivity index (χ0v) is 11.6. The summed E-state index contributed by atoms with van der Waals surface area (Å²) in [5.74, 6) is -1.11. The first-order valence-corrected chi connectivity index (χ1v) is 6.23. The van der Waals surface area contributed by atoms with Gasteiger partial charge in [-0.1, -0.05) is 0 Å². The van der Waals surface area contributed by atoms with Gasteiger partial charge in [0.1, 0.15) is 11.6 Å². The van der Waals surface area contributed by atoms with Crippen molar-refractivity contribution < 1.29 is 8.78 Å².